The zero-order chi connectivity index (χ0) is 25.8. The second-order valence-electron chi connectivity index (χ2n) is 9.98. The number of amides is 1. The van der Waals surface area contributed by atoms with Gasteiger partial charge in [-0.3, -0.25) is 4.79 Å². The van der Waals surface area contributed by atoms with Gasteiger partial charge in [-0.15, -0.1) is 0 Å². The summed E-state index contributed by atoms with van der Waals surface area (Å²) in [5.74, 6) is 1.56. The van der Waals surface area contributed by atoms with Crippen LogP contribution in [-0.4, -0.2) is 64.4 Å². The van der Waals surface area contributed by atoms with Crippen LogP contribution in [0, 0.1) is 12.8 Å². The number of hydrogen-bond donors (Lipinski definition) is 2. The number of nitrogens with zero attached hydrogens (tertiary/aromatic N) is 5. The number of ether oxygens (including phenoxy) is 1. The van der Waals surface area contributed by atoms with Crippen LogP contribution in [0.15, 0.2) is 12.1 Å². The van der Waals surface area contributed by atoms with Crippen LogP contribution in [-0.2, 0) is 17.4 Å². The molecular weight excluding hydrogens is 477 g/mol. The lowest BCUT2D eigenvalue weighted by atomic mass is 9.81. The maximum absolute atomic E-state index is 13.1. The quantitative estimate of drug-likeness (QED) is 0.617. The van der Waals surface area contributed by atoms with Crippen molar-refractivity contribution in [3.8, 4) is 5.75 Å². The second kappa shape index (κ2) is 8.75. The van der Waals surface area contributed by atoms with Gasteiger partial charge < -0.3 is 25.0 Å². The van der Waals surface area contributed by atoms with Crippen molar-refractivity contribution in [1.82, 2.24) is 15.0 Å². The normalized spacial score (nSPS) is 25.4. The molecule has 0 unspecified atom stereocenters. The summed E-state index contributed by atoms with van der Waals surface area (Å²) < 4.78 is 44.2. The van der Waals surface area contributed by atoms with Gasteiger partial charge in [0.2, 0.25) is 5.95 Å². The largest absolute Gasteiger partial charge is 0.491 e. The minimum atomic E-state index is -4.48. The Bertz CT molecular complexity index is 1190. The Balaban J connectivity index is 1.23. The van der Waals surface area contributed by atoms with Crippen LogP contribution in [0.4, 0.5) is 30.6 Å². The number of carbonyl (C=O) groups excluding carboxylic acids is 1. The number of likely N-dealkylation sites (N-methyl/N-ethyl adjacent to an activating group) is 1. The smallest absolute Gasteiger partial charge is 0.433 e. The van der Waals surface area contributed by atoms with E-state index in [1.807, 2.05) is 0 Å². The summed E-state index contributed by atoms with van der Waals surface area (Å²) in [7, 11) is 1.77. The molecule has 2 aromatic heterocycles. The monoisotopic (exact) mass is 506 g/mol. The fourth-order valence-electron chi connectivity index (χ4n) is 5.04. The minimum Gasteiger partial charge on any atom is -0.491 e. The highest BCUT2D eigenvalue weighted by Gasteiger charge is 2.49. The van der Waals surface area contributed by atoms with Crippen LogP contribution in [0.25, 0.3) is 0 Å². The van der Waals surface area contributed by atoms with Crippen LogP contribution in [0.1, 0.15) is 43.3 Å². The first-order chi connectivity index (χ1) is 17.0. The molecule has 9 nitrogen and oxygen atoms in total. The third-order valence-electron chi connectivity index (χ3n) is 7.45. The molecule has 3 aliphatic rings. The van der Waals surface area contributed by atoms with E-state index in [1.165, 1.54) is 13.0 Å². The number of aliphatic hydroxyl groups is 1. The molecule has 2 N–H and O–H groups in total. The van der Waals surface area contributed by atoms with Gasteiger partial charge in [-0.05, 0) is 57.6 Å². The molecule has 0 saturated heterocycles. The SMILES string of the molecule is Cc1nc(C(F)(F)F)ccc1OCC1CC(Nc2nc3c4c(n2)N(C)[C@@](C)(CO)C(=O)N4CCC3)C1. The van der Waals surface area contributed by atoms with Crippen molar-refractivity contribution in [1.29, 1.82) is 0 Å². The Kier molecular flexibility index (Phi) is 5.97. The van der Waals surface area contributed by atoms with Gasteiger partial charge in [-0.25, -0.2) is 9.97 Å². The highest BCUT2D eigenvalue weighted by Crippen LogP contribution is 2.43. The molecule has 1 atom stereocenters. The number of anilines is 3. The van der Waals surface area contributed by atoms with Crippen molar-refractivity contribution in [3.63, 3.8) is 0 Å². The molecule has 1 fully saturated rings. The van der Waals surface area contributed by atoms with E-state index < -0.39 is 17.4 Å². The maximum Gasteiger partial charge on any atom is 0.433 e. The highest BCUT2D eigenvalue weighted by molar-refractivity contribution is 6.08. The number of hydrogen-bond acceptors (Lipinski definition) is 8. The van der Waals surface area contributed by atoms with Gasteiger partial charge in [-0.2, -0.15) is 18.2 Å². The van der Waals surface area contributed by atoms with Crippen molar-refractivity contribution in [3.05, 3.63) is 29.2 Å². The Labute approximate surface area is 206 Å². The van der Waals surface area contributed by atoms with Gasteiger partial charge in [0.1, 0.15) is 22.7 Å². The molecule has 1 aliphatic carbocycles. The standard InChI is InChI=1S/C24H29F3N6O3/c1-13-17(6-7-18(28-13)24(25,26)27)36-11-14-9-15(10-14)29-22-30-16-5-4-8-33-19(16)20(31-22)32(3)23(2,12-34)21(33)35/h6-7,14-15,34H,4-5,8-12H2,1-3H3,(H,29,30,31)/t14?,15?,23-/m0/s1. The predicted molar refractivity (Wildman–Crippen MR) is 126 cm³/mol. The molecule has 4 heterocycles. The molecular formula is C24H29F3N6O3. The van der Waals surface area contributed by atoms with Crippen LogP contribution in [0.5, 0.6) is 5.75 Å². The average molecular weight is 507 g/mol. The number of aryl methyl sites for hydroxylation is 2. The average Bonchev–Trinajstić information content (AvgIpc) is 2.82. The van der Waals surface area contributed by atoms with Crippen molar-refractivity contribution >= 4 is 23.4 Å². The lowest BCUT2D eigenvalue weighted by Crippen LogP contribution is -2.64. The number of aromatic nitrogens is 3. The molecule has 2 aliphatic heterocycles. The van der Waals surface area contributed by atoms with E-state index >= 15 is 0 Å². The number of aliphatic hydroxyl groups excluding tert-OH is 1. The molecule has 0 bridgehead atoms. The van der Waals surface area contributed by atoms with Crippen LogP contribution in [0.2, 0.25) is 0 Å². The Morgan fingerprint density at radius 3 is 2.67 bits per heavy atom. The van der Waals surface area contributed by atoms with Crippen molar-refractivity contribution < 1.29 is 27.8 Å². The summed E-state index contributed by atoms with van der Waals surface area (Å²) >= 11 is 0. The summed E-state index contributed by atoms with van der Waals surface area (Å²) in [4.78, 5) is 29.5. The summed E-state index contributed by atoms with van der Waals surface area (Å²) in [5.41, 5.74) is -0.259. The van der Waals surface area contributed by atoms with Gasteiger partial charge in [0.15, 0.2) is 5.82 Å². The van der Waals surface area contributed by atoms with Gasteiger partial charge in [0.25, 0.3) is 5.91 Å². The van der Waals surface area contributed by atoms with E-state index in [0.29, 0.717) is 30.7 Å². The van der Waals surface area contributed by atoms with Crippen molar-refractivity contribution in [2.75, 3.05) is 41.9 Å². The molecule has 5 rings (SSSR count). The summed E-state index contributed by atoms with van der Waals surface area (Å²) in [6.07, 6.45) is -1.34. The molecule has 0 spiro atoms. The van der Waals surface area contributed by atoms with Gasteiger partial charge in [0.05, 0.1) is 24.6 Å². The van der Waals surface area contributed by atoms with E-state index in [4.69, 9.17) is 14.7 Å². The molecule has 1 saturated carbocycles. The Morgan fingerprint density at radius 2 is 2.00 bits per heavy atom. The fraction of sp³-hybridized carbons (Fsp3) is 0.583. The number of halogens is 3. The van der Waals surface area contributed by atoms with Gasteiger partial charge >= 0.3 is 6.18 Å². The third kappa shape index (κ3) is 4.10. The van der Waals surface area contributed by atoms with E-state index in [1.54, 1.807) is 23.8 Å². The van der Waals surface area contributed by atoms with E-state index in [-0.39, 0.29) is 30.2 Å². The second-order valence-corrected chi connectivity index (χ2v) is 9.98. The lowest BCUT2D eigenvalue weighted by Gasteiger charge is -2.48. The number of rotatable bonds is 6. The van der Waals surface area contributed by atoms with E-state index in [2.05, 4.69) is 10.3 Å². The first-order valence-electron chi connectivity index (χ1n) is 12.0. The summed E-state index contributed by atoms with van der Waals surface area (Å²) in [5, 5.41) is 13.4. The molecule has 2 aromatic rings. The molecule has 0 aromatic carbocycles. The summed E-state index contributed by atoms with van der Waals surface area (Å²) in [6.45, 7) is 3.86. The number of alkyl halides is 3. The first-order valence-corrected chi connectivity index (χ1v) is 12.0. The number of nitrogens with one attached hydrogen (secondary N) is 1. The van der Waals surface area contributed by atoms with Gasteiger partial charge in [-0.1, -0.05) is 0 Å². The predicted octanol–water partition coefficient (Wildman–Crippen LogP) is 2.95. The molecule has 12 heteroatoms. The van der Waals surface area contributed by atoms with Crippen molar-refractivity contribution in [2.24, 2.45) is 5.92 Å². The topological polar surface area (TPSA) is 104 Å². The minimum absolute atomic E-state index is 0.134. The Hall–Kier alpha value is -3.15. The number of carbonyl (C=O) groups is 1. The first kappa shape index (κ1) is 24.5. The lowest BCUT2D eigenvalue weighted by molar-refractivity contribution is -0.141. The van der Waals surface area contributed by atoms with Crippen molar-refractivity contribution in [2.45, 2.75) is 57.3 Å². The van der Waals surface area contributed by atoms with Crippen LogP contribution in [0.3, 0.4) is 0 Å². The molecule has 36 heavy (non-hydrogen) atoms. The zero-order valence-electron chi connectivity index (χ0n) is 20.4. The summed E-state index contributed by atoms with van der Waals surface area (Å²) in [6, 6.07) is 2.38. The molecule has 0 radical (unpaired) electrons. The van der Waals surface area contributed by atoms with Gasteiger partial charge in [0, 0.05) is 19.6 Å². The zero-order valence-corrected chi connectivity index (χ0v) is 20.4. The van der Waals surface area contributed by atoms with E-state index in [9.17, 15) is 23.1 Å². The molecule has 194 valence electrons. The number of pyridine rings is 1. The van der Waals surface area contributed by atoms with Crippen LogP contribution < -0.4 is 19.9 Å². The third-order valence-corrected chi connectivity index (χ3v) is 7.45. The highest BCUT2D eigenvalue weighted by atomic mass is 19.4. The molecule has 1 amide bonds. The fourth-order valence-corrected chi connectivity index (χ4v) is 5.04. The maximum atomic E-state index is 13.1. The van der Waals surface area contributed by atoms with Crippen LogP contribution >= 0.6 is 0 Å². The Morgan fingerprint density at radius 1 is 1.25 bits per heavy atom. The van der Waals surface area contributed by atoms with E-state index in [0.717, 1.165) is 43.1 Å².